The molecule has 27 heavy (non-hydrogen) atoms. The predicted molar refractivity (Wildman–Crippen MR) is 112 cm³/mol. The summed E-state index contributed by atoms with van der Waals surface area (Å²) in [5.74, 6) is 0. The minimum Gasteiger partial charge on any atom is -0.465 e. The minimum atomic E-state index is -1.82. The van der Waals surface area contributed by atoms with E-state index in [-0.39, 0.29) is 11.6 Å². The third-order valence-electron chi connectivity index (χ3n) is 4.87. The molecule has 0 unspecified atom stereocenters. The monoisotopic (exact) mass is 393 g/mol. The highest BCUT2D eigenvalue weighted by atomic mass is 28.4. The fourth-order valence-corrected chi connectivity index (χ4v) is 3.04. The van der Waals surface area contributed by atoms with Gasteiger partial charge in [0.1, 0.15) is 0 Å². The van der Waals surface area contributed by atoms with Gasteiger partial charge in [0.15, 0.2) is 8.32 Å². The molecule has 0 aliphatic rings. The van der Waals surface area contributed by atoms with E-state index in [1.54, 1.807) is 6.20 Å². The standard InChI is InChI=1S/C20H35N3O3Si/c1-20(2,3)27(6,7)26-16-17-10-11-21-18(14-17)15-23(19(24)25)13-9-8-12-22(4)5/h8-11,14H,12-13,15-16H2,1-7H3,(H,24,25). The average molecular weight is 394 g/mol. The number of amides is 1. The summed E-state index contributed by atoms with van der Waals surface area (Å²) in [6.45, 7) is 13.0. The molecule has 1 amide bonds. The van der Waals surface area contributed by atoms with Crippen molar-refractivity contribution in [1.29, 1.82) is 0 Å². The third-order valence-corrected chi connectivity index (χ3v) is 9.35. The van der Waals surface area contributed by atoms with Crippen molar-refractivity contribution < 1.29 is 14.3 Å². The van der Waals surface area contributed by atoms with Crippen LogP contribution in [0, 0.1) is 0 Å². The van der Waals surface area contributed by atoms with E-state index < -0.39 is 14.4 Å². The lowest BCUT2D eigenvalue weighted by Crippen LogP contribution is -2.40. The average Bonchev–Trinajstić information content (AvgIpc) is 2.54. The van der Waals surface area contributed by atoms with Crippen LogP contribution in [0.4, 0.5) is 4.79 Å². The zero-order chi connectivity index (χ0) is 20.7. The van der Waals surface area contributed by atoms with Crippen LogP contribution >= 0.6 is 0 Å². The van der Waals surface area contributed by atoms with E-state index >= 15 is 0 Å². The van der Waals surface area contributed by atoms with Crippen molar-refractivity contribution >= 4 is 14.4 Å². The number of aromatic nitrogens is 1. The molecule has 0 radical (unpaired) electrons. The Hall–Kier alpha value is -1.70. The van der Waals surface area contributed by atoms with Crippen LogP contribution in [-0.4, -0.2) is 61.5 Å². The van der Waals surface area contributed by atoms with Gasteiger partial charge in [0.25, 0.3) is 0 Å². The smallest absolute Gasteiger partial charge is 0.407 e. The van der Waals surface area contributed by atoms with Gasteiger partial charge < -0.3 is 14.4 Å². The number of carbonyl (C=O) groups is 1. The van der Waals surface area contributed by atoms with Gasteiger partial charge in [-0.05, 0) is 49.9 Å². The van der Waals surface area contributed by atoms with E-state index in [2.05, 4.69) is 38.8 Å². The lowest BCUT2D eigenvalue weighted by Gasteiger charge is -2.36. The molecule has 0 aromatic carbocycles. The predicted octanol–water partition coefficient (Wildman–Crippen LogP) is 4.20. The molecule has 0 atom stereocenters. The van der Waals surface area contributed by atoms with Crippen molar-refractivity contribution in [3.05, 3.63) is 41.7 Å². The molecule has 0 fully saturated rings. The van der Waals surface area contributed by atoms with Crippen LogP contribution in [0.5, 0.6) is 0 Å². The molecule has 1 N–H and O–H groups in total. The third kappa shape index (κ3) is 8.24. The Morgan fingerprint density at radius 2 is 1.89 bits per heavy atom. The molecule has 1 aromatic heterocycles. The van der Waals surface area contributed by atoms with Crippen molar-refractivity contribution in [1.82, 2.24) is 14.8 Å². The van der Waals surface area contributed by atoms with Crippen LogP contribution < -0.4 is 0 Å². The first-order valence-electron chi connectivity index (χ1n) is 9.28. The number of rotatable bonds is 9. The number of carboxylic acid groups (broad SMARTS) is 1. The number of nitrogens with zero attached hydrogens (tertiary/aromatic N) is 3. The van der Waals surface area contributed by atoms with E-state index in [1.807, 2.05) is 43.3 Å². The second-order valence-corrected chi connectivity index (χ2v) is 13.4. The maximum absolute atomic E-state index is 11.5. The maximum atomic E-state index is 11.5. The van der Waals surface area contributed by atoms with Crippen LogP contribution in [0.3, 0.4) is 0 Å². The van der Waals surface area contributed by atoms with E-state index in [1.165, 1.54) is 4.90 Å². The Balaban J connectivity index is 2.73. The quantitative estimate of drug-likeness (QED) is 0.503. The molecule has 0 aliphatic carbocycles. The SMILES string of the molecule is CN(C)CC=CCN(Cc1cc(CO[Si](C)(C)C(C)(C)C)ccn1)C(=O)O. The second-order valence-electron chi connectivity index (χ2n) is 8.60. The highest BCUT2D eigenvalue weighted by Crippen LogP contribution is 2.37. The second kappa shape index (κ2) is 10.0. The number of likely N-dealkylation sites (N-methyl/N-ethyl adjacent to an activating group) is 1. The summed E-state index contributed by atoms with van der Waals surface area (Å²) in [7, 11) is 2.12. The fourth-order valence-electron chi connectivity index (χ4n) is 2.08. The molecule has 6 nitrogen and oxygen atoms in total. The van der Waals surface area contributed by atoms with Gasteiger partial charge in [0.05, 0.1) is 18.8 Å². The maximum Gasteiger partial charge on any atom is 0.407 e. The van der Waals surface area contributed by atoms with Gasteiger partial charge in [-0.25, -0.2) is 4.79 Å². The van der Waals surface area contributed by atoms with E-state index in [0.717, 1.165) is 17.8 Å². The summed E-state index contributed by atoms with van der Waals surface area (Å²) in [6.07, 6.45) is 4.61. The van der Waals surface area contributed by atoms with Crippen LogP contribution in [0.15, 0.2) is 30.5 Å². The lowest BCUT2D eigenvalue weighted by atomic mass is 10.2. The highest BCUT2D eigenvalue weighted by Gasteiger charge is 2.37. The molecule has 152 valence electrons. The van der Waals surface area contributed by atoms with Crippen LogP contribution in [0.1, 0.15) is 32.0 Å². The first-order valence-corrected chi connectivity index (χ1v) is 12.2. The molecular weight excluding hydrogens is 358 g/mol. The highest BCUT2D eigenvalue weighted by molar-refractivity contribution is 6.74. The molecule has 0 saturated carbocycles. The van der Waals surface area contributed by atoms with Crippen molar-refractivity contribution in [2.75, 3.05) is 27.2 Å². The van der Waals surface area contributed by atoms with Gasteiger partial charge >= 0.3 is 6.09 Å². The molecule has 0 aliphatic heterocycles. The first-order chi connectivity index (χ1) is 12.4. The lowest BCUT2D eigenvalue weighted by molar-refractivity contribution is 0.147. The van der Waals surface area contributed by atoms with Gasteiger partial charge in [0, 0.05) is 19.3 Å². The van der Waals surface area contributed by atoms with Crippen LogP contribution in [-0.2, 0) is 17.6 Å². The molecule has 1 heterocycles. The molecule has 1 aromatic rings. The Kier molecular flexibility index (Phi) is 8.65. The summed E-state index contributed by atoms with van der Waals surface area (Å²) in [5, 5.41) is 9.60. The summed E-state index contributed by atoms with van der Waals surface area (Å²) in [5.41, 5.74) is 1.76. The van der Waals surface area contributed by atoms with Gasteiger partial charge in [-0.15, -0.1) is 0 Å². The number of hydrogen-bond acceptors (Lipinski definition) is 4. The van der Waals surface area contributed by atoms with Crippen molar-refractivity contribution in [2.24, 2.45) is 0 Å². The first kappa shape index (κ1) is 23.3. The molecular formula is C20H35N3O3Si. The Bertz CT molecular complexity index is 640. The molecule has 0 bridgehead atoms. The normalized spacial score (nSPS) is 12.7. The summed E-state index contributed by atoms with van der Waals surface area (Å²) < 4.78 is 6.25. The van der Waals surface area contributed by atoms with Gasteiger partial charge in [-0.2, -0.15) is 0 Å². The van der Waals surface area contributed by atoms with Crippen molar-refractivity contribution in [2.45, 2.75) is 52.1 Å². The Labute approximate surface area is 165 Å². The largest absolute Gasteiger partial charge is 0.465 e. The molecule has 1 rings (SSSR count). The van der Waals surface area contributed by atoms with Crippen molar-refractivity contribution in [3.63, 3.8) is 0 Å². The Morgan fingerprint density at radius 3 is 2.44 bits per heavy atom. The molecule has 0 saturated heterocycles. The van der Waals surface area contributed by atoms with Crippen molar-refractivity contribution in [3.8, 4) is 0 Å². The minimum absolute atomic E-state index is 0.155. The Morgan fingerprint density at radius 1 is 1.26 bits per heavy atom. The van der Waals surface area contributed by atoms with Crippen LogP contribution in [0.25, 0.3) is 0 Å². The van der Waals surface area contributed by atoms with E-state index in [0.29, 0.717) is 13.2 Å². The number of hydrogen-bond donors (Lipinski definition) is 1. The fraction of sp³-hybridized carbons (Fsp3) is 0.600. The zero-order valence-electron chi connectivity index (χ0n) is 17.8. The van der Waals surface area contributed by atoms with Gasteiger partial charge in [-0.3, -0.25) is 9.88 Å². The topological polar surface area (TPSA) is 65.9 Å². The molecule has 7 heteroatoms. The van der Waals surface area contributed by atoms with Crippen LogP contribution in [0.2, 0.25) is 18.1 Å². The molecule has 0 spiro atoms. The summed E-state index contributed by atoms with van der Waals surface area (Å²) >= 11 is 0. The summed E-state index contributed by atoms with van der Waals surface area (Å²) in [6, 6.07) is 3.87. The van der Waals surface area contributed by atoms with E-state index in [9.17, 15) is 9.90 Å². The number of pyridine rings is 1. The van der Waals surface area contributed by atoms with Gasteiger partial charge in [-0.1, -0.05) is 32.9 Å². The zero-order valence-corrected chi connectivity index (χ0v) is 18.8. The summed E-state index contributed by atoms with van der Waals surface area (Å²) in [4.78, 5) is 19.2. The van der Waals surface area contributed by atoms with E-state index in [4.69, 9.17) is 4.43 Å². The van der Waals surface area contributed by atoms with Gasteiger partial charge in [0.2, 0.25) is 0 Å².